The van der Waals surface area contributed by atoms with E-state index in [1.54, 1.807) is 6.20 Å². The molecule has 112 valence electrons. The highest BCUT2D eigenvalue weighted by Gasteiger charge is 2.32. The van der Waals surface area contributed by atoms with Crippen molar-refractivity contribution in [3.63, 3.8) is 0 Å². The number of para-hydroxylation sites is 1. The van der Waals surface area contributed by atoms with E-state index in [0.29, 0.717) is 12.0 Å². The zero-order chi connectivity index (χ0) is 15.0. The third-order valence-corrected chi connectivity index (χ3v) is 5.58. The number of carboxylic acid groups (broad SMARTS) is 1. The maximum atomic E-state index is 11.6. The molecule has 1 fully saturated rings. The molecular formula is C14H16N2O4S. The van der Waals surface area contributed by atoms with Crippen LogP contribution >= 0.6 is 0 Å². The summed E-state index contributed by atoms with van der Waals surface area (Å²) in [6.07, 6.45) is 2.12. The number of hydrogen-bond acceptors (Lipinski definition) is 4. The summed E-state index contributed by atoms with van der Waals surface area (Å²) >= 11 is 0. The van der Waals surface area contributed by atoms with E-state index < -0.39 is 21.8 Å². The van der Waals surface area contributed by atoms with Crippen molar-refractivity contribution >= 4 is 26.7 Å². The van der Waals surface area contributed by atoms with Crippen LogP contribution in [0.2, 0.25) is 0 Å². The molecule has 3 rings (SSSR count). The fraction of sp³-hybridized carbons (Fsp3) is 0.357. The fourth-order valence-electron chi connectivity index (χ4n) is 2.79. The Kier molecular flexibility index (Phi) is 3.46. The molecule has 0 aliphatic carbocycles. The van der Waals surface area contributed by atoms with Gasteiger partial charge in [-0.15, -0.1) is 0 Å². The lowest BCUT2D eigenvalue weighted by atomic mass is 10.0. The summed E-state index contributed by atoms with van der Waals surface area (Å²) < 4.78 is 23.0. The quantitative estimate of drug-likeness (QED) is 0.784. The van der Waals surface area contributed by atoms with Crippen molar-refractivity contribution in [2.75, 3.05) is 11.5 Å². The standard InChI is InChI=1S/C14H16N2O4S/c17-14(18)13(16-9-5-6-21(19,20)8-9)11-7-15-12-4-2-1-3-10(11)12/h1-4,7,9,13,15-16H,5-6,8H2,(H,17,18)/t9-,13+/m1/s1. The largest absolute Gasteiger partial charge is 0.480 e. The second kappa shape index (κ2) is 5.16. The van der Waals surface area contributed by atoms with E-state index in [1.807, 2.05) is 24.3 Å². The molecule has 0 radical (unpaired) electrons. The molecule has 1 aliphatic rings. The number of sulfone groups is 1. The van der Waals surface area contributed by atoms with Crippen LogP contribution in [0.4, 0.5) is 0 Å². The van der Waals surface area contributed by atoms with Gasteiger partial charge in [-0.1, -0.05) is 18.2 Å². The Morgan fingerprint density at radius 2 is 2.14 bits per heavy atom. The van der Waals surface area contributed by atoms with Crippen LogP contribution < -0.4 is 5.32 Å². The molecule has 2 atom stereocenters. The van der Waals surface area contributed by atoms with Crippen molar-refractivity contribution in [3.05, 3.63) is 36.0 Å². The molecular weight excluding hydrogens is 292 g/mol. The van der Waals surface area contributed by atoms with Gasteiger partial charge < -0.3 is 10.1 Å². The Hall–Kier alpha value is -1.86. The summed E-state index contributed by atoms with van der Waals surface area (Å²) in [5, 5.41) is 13.3. The summed E-state index contributed by atoms with van der Waals surface area (Å²) in [7, 11) is -3.04. The predicted octanol–water partition coefficient (Wildman–Crippen LogP) is 1.07. The van der Waals surface area contributed by atoms with Gasteiger partial charge >= 0.3 is 5.97 Å². The van der Waals surface area contributed by atoms with Gasteiger partial charge in [0.25, 0.3) is 0 Å². The smallest absolute Gasteiger partial charge is 0.325 e. The van der Waals surface area contributed by atoms with E-state index in [-0.39, 0.29) is 17.5 Å². The molecule has 1 aromatic carbocycles. The second-order valence-electron chi connectivity index (χ2n) is 5.33. The van der Waals surface area contributed by atoms with E-state index in [9.17, 15) is 18.3 Å². The molecule has 6 nitrogen and oxygen atoms in total. The minimum Gasteiger partial charge on any atom is -0.480 e. The van der Waals surface area contributed by atoms with E-state index in [4.69, 9.17) is 0 Å². The molecule has 0 bridgehead atoms. The Bertz CT molecular complexity index is 781. The summed E-state index contributed by atoms with van der Waals surface area (Å²) in [4.78, 5) is 14.6. The zero-order valence-corrected chi connectivity index (χ0v) is 12.1. The third-order valence-electron chi connectivity index (χ3n) is 3.81. The summed E-state index contributed by atoms with van der Waals surface area (Å²) in [5.41, 5.74) is 1.49. The highest BCUT2D eigenvalue weighted by atomic mass is 32.2. The predicted molar refractivity (Wildman–Crippen MR) is 78.9 cm³/mol. The number of aromatic nitrogens is 1. The monoisotopic (exact) mass is 308 g/mol. The minimum absolute atomic E-state index is 0.000858. The molecule has 21 heavy (non-hydrogen) atoms. The number of hydrogen-bond donors (Lipinski definition) is 3. The van der Waals surface area contributed by atoms with Gasteiger partial charge in [0.2, 0.25) is 0 Å². The lowest BCUT2D eigenvalue weighted by Crippen LogP contribution is -2.37. The summed E-state index contributed by atoms with van der Waals surface area (Å²) in [5.74, 6) is -0.895. The third kappa shape index (κ3) is 2.79. The minimum atomic E-state index is -3.04. The van der Waals surface area contributed by atoms with Crippen molar-refractivity contribution in [2.24, 2.45) is 0 Å². The van der Waals surface area contributed by atoms with Crippen LogP contribution in [0.1, 0.15) is 18.0 Å². The summed E-state index contributed by atoms with van der Waals surface area (Å²) in [6.45, 7) is 0. The number of H-pyrrole nitrogens is 1. The molecule has 1 aliphatic heterocycles. The van der Waals surface area contributed by atoms with Crippen LogP contribution in [0.5, 0.6) is 0 Å². The summed E-state index contributed by atoms with van der Waals surface area (Å²) in [6, 6.07) is 6.21. The van der Waals surface area contributed by atoms with Crippen LogP contribution in [-0.4, -0.2) is 42.0 Å². The molecule has 0 unspecified atom stereocenters. The molecule has 0 saturated carbocycles. The Morgan fingerprint density at radius 3 is 2.81 bits per heavy atom. The highest BCUT2D eigenvalue weighted by Crippen LogP contribution is 2.26. The van der Waals surface area contributed by atoms with Gasteiger partial charge in [0.1, 0.15) is 6.04 Å². The van der Waals surface area contributed by atoms with Gasteiger partial charge in [-0.25, -0.2) is 8.42 Å². The van der Waals surface area contributed by atoms with E-state index in [1.165, 1.54) is 0 Å². The highest BCUT2D eigenvalue weighted by molar-refractivity contribution is 7.91. The number of aromatic amines is 1. The SMILES string of the molecule is O=C(O)[C@@H](N[C@@H]1CCS(=O)(=O)C1)c1c[nH]c2ccccc12. The molecule has 0 amide bonds. The van der Waals surface area contributed by atoms with Crippen LogP contribution in [0.3, 0.4) is 0 Å². The molecule has 3 N–H and O–H groups in total. The Balaban J connectivity index is 1.90. The first-order valence-electron chi connectivity index (χ1n) is 6.71. The fourth-order valence-corrected chi connectivity index (χ4v) is 4.48. The Labute approximate surface area is 122 Å². The van der Waals surface area contributed by atoms with Crippen LogP contribution in [0.25, 0.3) is 10.9 Å². The maximum Gasteiger partial charge on any atom is 0.325 e. The number of rotatable bonds is 4. The molecule has 2 heterocycles. The van der Waals surface area contributed by atoms with E-state index in [0.717, 1.165) is 10.9 Å². The van der Waals surface area contributed by atoms with Gasteiger partial charge in [0.05, 0.1) is 11.5 Å². The number of aliphatic carboxylic acids is 1. The average Bonchev–Trinajstić information content (AvgIpc) is 2.99. The zero-order valence-electron chi connectivity index (χ0n) is 11.2. The van der Waals surface area contributed by atoms with Crippen molar-refractivity contribution in [1.82, 2.24) is 10.3 Å². The van der Waals surface area contributed by atoms with Crippen molar-refractivity contribution in [2.45, 2.75) is 18.5 Å². The first-order chi connectivity index (χ1) is 9.96. The molecule has 1 saturated heterocycles. The Morgan fingerprint density at radius 1 is 1.38 bits per heavy atom. The van der Waals surface area contributed by atoms with Crippen LogP contribution in [-0.2, 0) is 14.6 Å². The average molecular weight is 308 g/mol. The molecule has 7 heteroatoms. The number of carbonyl (C=O) groups is 1. The van der Waals surface area contributed by atoms with Gasteiger partial charge in [-0.2, -0.15) is 0 Å². The maximum absolute atomic E-state index is 11.6. The van der Waals surface area contributed by atoms with Gasteiger partial charge in [0, 0.05) is 28.7 Å². The lowest BCUT2D eigenvalue weighted by Gasteiger charge is -2.18. The number of nitrogens with one attached hydrogen (secondary N) is 2. The molecule has 0 spiro atoms. The number of carboxylic acids is 1. The van der Waals surface area contributed by atoms with Crippen LogP contribution in [0, 0.1) is 0 Å². The second-order valence-corrected chi connectivity index (χ2v) is 7.56. The van der Waals surface area contributed by atoms with Crippen molar-refractivity contribution < 1.29 is 18.3 Å². The molecule has 1 aromatic heterocycles. The normalized spacial score (nSPS) is 22.4. The van der Waals surface area contributed by atoms with Gasteiger partial charge in [-0.05, 0) is 12.5 Å². The number of fused-ring (bicyclic) bond motifs is 1. The topological polar surface area (TPSA) is 99.3 Å². The lowest BCUT2D eigenvalue weighted by molar-refractivity contribution is -0.139. The van der Waals surface area contributed by atoms with Crippen LogP contribution in [0.15, 0.2) is 30.5 Å². The van der Waals surface area contributed by atoms with Crippen molar-refractivity contribution in [1.29, 1.82) is 0 Å². The molecule has 2 aromatic rings. The van der Waals surface area contributed by atoms with E-state index >= 15 is 0 Å². The first-order valence-corrected chi connectivity index (χ1v) is 8.54. The van der Waals surface area contributed by atoms with Gasteiger partial charge in [0.15, 0.2) is 9.84 Å². The van der Waals surface area contributed by atoms with Crippen molar-refractivity contribution in [3.8, 4) is 0 Å². The number of benzene rings is 1. The van der Waals surface area contributed by atoms with E-state index in [2.05, 4.69) is 10.3 Å². The first kappa shape index (κ1) is 14.1. The van der Waals surface area contributed by atoms with Gasteiger partial charge in [-0.3, -0.25) is 10.1 Å².